The van der Waals surface area contributed by atoms with Crippen molar-refractivity contribution in [1.29, 1.82) is 0 Å². The Kier molecular flexibility index (Phi) is 4.28. The number of nitrogens with one attached hydrogen (secondary N) is 1. The monoisotopic (exact) mass is 265 g/mol. The van der Waals surface area contributed by atoms with Gasteiger partial charge < -0.3 is 15.3 Å². The minimum Gasteiger partial charge on any atom is -0.476 e. The molecule has 1 aromatic rings. The van der Waals surface area contributed by atoms with Crippen LogP contribution >= 0.6 is 0 Å². The predicted molar refractivity (Wildman–Crippen MR) is 71.4 cm³/mol. The second kappa shape index (κ2) is 5.94. The Labute approximate surface area is 112 Å². The Hall–Kier alpha value is -1.73. The molecule has 104 valence electrons. The summed E-state index contributed by atoms with van der Waals surface area (Å²) in [6, 6.07) is 0.336. The normalized spacial score (nSPS) is 21.3. The minimum absolute atomic E-state index is 0.0330. The van der Waals surface area contributed by atoms with Gasteiger partial charge in [-0.15, -0.1) is 0 Å². The van der Waals surface area contributed by atoms with Crippen LogP contribution in [0.3, 0.4) is 0 Å². The Bertz CT molecular complexity index is 454. The molecule has 1 saturated heterocycles. The second-order valence-electron chi connectivity index (χ2n) is 4.84. The first-order valence-corrected chi connectivity index (χ1v) is 6.25. The van der Waals surface area contributed by atoms with E-state index < -0.39 is 5.97 Å². The number of aromatic nitrogens is 2. The highest BCUT2D eigenvalue weighted by molar-refractivity contribution is 5.90. The zero-order valence-corrected chi connectivity index (χ0v) is 11.2. The fourth-order valence-corrected chi connectivity index (χ4v) is 2.16. The van der Waals surface area contributed by atoms with Gasteiger partial charge in [0.05, 0.1) is 0 Å². The third-order valence-corrected chi connectivity index (χ3v) is 3.39. The number of nitrogens with zero attached hydrogens (tertiary/aromatic N) is 4. The molecule has 2 rings (SSSR count). The van der Waals surface area contributed by atoms with Gasteiger partial charge in [0, 0.05) is 44.6 Å². The number of likely N-dealkylation sites (N-methyl/N-ethyl adjacent to an activating group) is 2. The largest absolute Gasteiger partial charge is 0.476 e. The van der Waals surface area contributed by atoms with E-state index in [-0.39, 0.29) is 5.69 Å². The third kappa shape index (κ3) is 3.39. The summed E-state index contributed by atoms with van der Waals surface area (Å²) in [5, 5.41) is 12.1. The average molecular weight is 265 g/mol. The molecular weight excluding hydrogens is 246 g/mol. The number of hydrogen-bond donors (Lipinski definition) is 2. The number of carboxylic acid groups (broad SMARTS) is 1. The molecule has 0 aliphatic carbocycles. The summed E-state index contributed by atoms with van der Waals surface area (Å²) in [6.07, 6.45) is 2.88. The highest BCUT2D eigenvalue weighted by Gasteiger charge is 2.22. The van der Waals surface area contributed by atoms with Gasteiger partial charge in [-0.2, -0.15) is 0 Å². The van der Waals surface area contributed by atoms with E-state index in [2.05, 4.69) is 39.2 Å². The molecule has 2 heterocycles. The summed E-state index contributed by atoms with van der Waals surface area (Å²) in [5.74, 6) is -0.735. The van der Waals surface area contributed by atoms with Crippen LogP contribution in [0.15, 0.2) is 12.4 Å². The van der Waals surface area contributed by atoms with Crippen LogP contribution in [0.4, 0.5) is 5.82 Å². The van der Waals surface area contributed by atoms with Gasteiger partial charge in [0.2, 0.25) is 0 Å². The first-order valence-electron chi connectivity index (χ1n) is 6.25. The van der Waals surface area contributed by atoms with Crippen molar-refractivity contribution in [2.24, 2.45) is 0 Å². The van der Waals surface area contributed by atoms with E-state index in [1.807, 2.05) is 0 Å². The fraction of sp³-hybridized carbons (Fsp3) is 0.583. The molecule has 7 nitrogen and oxygen atoms in total. The lowest BCUT2D eigenvalue weighted by Crippen LogP contribution is -2.52. The van der Waals surface area contributed by atoms with E-state index in [4.69, 9.17) is 5.11 Å². The minimum atomic E-state index is -1.07. The molecule has 0 aromatic carbocycles. The van der Waals surface area contributed by atoms with E-state index in [0.717, 1.165) is 19.6 Å². The molecule has 0 spiro atoms. The van der Waals surface area contributed by atoms with Gasteiger partial charge >= 0.3 is 5.97 Å². The Balaban J connectivity index is 2.00. The summed E-state index contributed by atoms with van der Waals surface area (Å²) in [7, 11) is 4.17. The van der Waals surface area contributed by atoms with Crippen molar-refractivity contribution in [2.75, 3.05) is 45.6 Å². The molecule has 1 atom stereocenters. The standard InChI is InChI=1S/C12H19N5O2/c1-16-5-6-17(2)9(8-16)7-15-11-10(12(18)19)13-3-4-14-11/h3-4,9H,5-8H2,1-2H3,(H,14,15)(H,18,19). The molecule has 0 saturated carbocycles. The van der Waals surface area contributed by atoms with Crippen molar-refractivity contribution in [1.82, 2.24) is 19.8 Å². The van der Waals surface area contributed by atoms with E-state index in [0.29, 0.717) is 18.4 Å². The van der Waals surface area contributed by atoms with Crippen LogP contribution in [0.25, 0.3) is 0 Å². The molecule has 2 N–H and O–H groups in total. The lowest BCUT2D eigenvalue weighted by atomic mass is 10.2. The highest BCUT2D eigenvalue weighted by Crippen LogP contribution is 2.11. The smallest absolute Gasteiger partial charge is 0.358 e. The summed E-state index contributed by atoms with van der Waals surface area (Å²) in [4.78, 5) is 23.4. The lowest BCUT2D eigenvalue weighted by Gasteiger charge is -2.37. The van der Waals surface area contributed by atoms with E-state index >= 15 is 0 Å². The molecule has 7 heteroatoms. The molecule has 19 heavy (non-hydrogen) atoms. The maximum atomic E-state index is 11.0. The van der Waals surface area contributed by atoms with E-state index in [9.17, 15) is 4.79 Å². The van der Waals surface area contributed by atoms with Gasteiger partial charge in [-0.1, -0.05) is 0 Å². The molecule has 1 aliphatic heterocycles. The van der Waals surface area contributed by atoms with Crippen molar-refractivity contribution in [3.05, 3.63) is 18.1 Å². The first kappa shape index (κ1) is 13.7. The quantitative estimate of drug-likeness (QED) is 0.782. The van der Waals surface area contributed by atoms with E-state index in [1.165, 1.54) is 12.4 Å². The number of rotatable bonds is 4. The zero-order chi connectivity index (χ0) is 13.8. The van der Waals surface area contributed by atoms with Crippen molar-refractivity contribution in [3.63, 3.8) is 0 Å². The number of anilines is 1. The topological polar surface area (TPSA) is 81.6 Å². The lowest BCUT2D eigenvalue weighted by molar-refractivity contribution is 0.0691. The van der Waals surface area contributed by atoms with Gasteiger partial charge in [0.25, 0.3) is 0 Å². The summed E-state index contributed by atoms with van der Waals surface area (Å²) in [6.45, 7) is 3.67. The number of aromatic carboxylic acids is 1. The highest BCUT2D eigenvalue weighted by atomic mass is 16.4. The van der Waals surface area contributed by atoms with Gasteiger partial charge in [-0.25, -0.2) is 14.8 Å². The van der Waals surface area contributed by atoms with Crippen LogP contribution in [0, 0.1) is 0 Å². The van der Waals surface area contributed by atoms with Gasteiger partial charge in [-0.3, -0.25) is 4.90 Å². The van der Waals surface area contributed by atoms with E-state index in [1.54, 1.807) is 0 Å². The van der Waals surface area contributed by atoms with Crippen LogP contribution in [0.2, 0.25) is 0 Å². The summed E-state index contributed by atoms with van der Waals surface area (Å²) >= 11 is 0. The van der Waals surface area contributed by atoms with Crippen molar-refractivity contribution in [2.45, 2.75) is 6.04 Å². The number of carbonyl (C=O) groups is 1. The number of hydrogen-bond acceptors (Lipinski definition) is 6. The Morgan fingerprint density at radius 2 is 2.16 bits per heavy atom. The number of carboxylic acids is 1. The molecule has 1 fully saturated rings. The van der Waals surface area contributed by atoms with Gasteiger partial charge in [-0.05, 0) is 14.1 Å². The average Bonchev–Trinajstić information content (AvgIpc) is 2.40. The maximum Gasteiger partial charge on any atom is 0.358 e. The molecular formula is C12H19N5O2. The third-order valence-electron chi connectivity index (χ3n) is 3.39. The molecule has 1 aliphatic rings. The molecule has 0 radical (unpaired) electrons. The van der Waals surface area contributed by atoms with Gasteiger partial charge in [0.1, 0.15) is 0 Å². The Morgan fingerprint density at radius 1 is 1.42 bits per heavy atom. The zero-order valence-electron chi connectivity index (χ0n) is 11.2. The second-order valence-corrected chi connectivity index (χ2v) is 4.84. The SMILES string of the molecule is CN1CCN(C)C(CNc2nccnc2C(=O)O)C1. The summed E-state index contributed by atoms with van der Waals surface area (Å²) < 4.78 is 0. The van der Waals surface area contributed by atoms with Crippen LogP contribution < -0.4 is 5.32 Å². The van der Waals surface area contributed by atoms with Crippen molar-refractivity contribution < 1.29 is 9.90 Å². The molecule has 1 unspecified atom stereocenters. The van der Waals surface area contributed by atoms with Crippen LogP contribution in [-0.4, -0.2) is 77.2 Å². The van der Waals surface area contributed by atoms with Crippen molar-refractivity contribution >= 4 is 11.8 Å². The molecule has 1 aromatic heterocycles. The Morgan fingerprint density at radius 3 is 2.89 bits per heavy atom. The first-order chi connectivity index (χ1) is 9.08. The predicted octanol–water partition coefficient (Wildman–Crippen LogP) is -0.167. The van der Waals surface area contributed by atoms with Crippen LogP contribution in [0.1, 0.15) is 10.5 Å². The number of piperazine rings is 1. The fourth-order valence-electron chi connectivity index (χ4n) is 2.16. The maximum absolute atomic E-state index is 11.0. The molecule has 0 amide bonds. The van der Waals surface area contributed by atoms with Gasteiger partial charge in [0.15, 0.2) is 11.5 Å². The van der Waals surface area contributed by atoms with Crippen LogP contribution in [-0.2, 0) is 0 Å². The van der Waals surface area contributed by atoms with Crippen LogP contribution in [0.5, 0.6) is 0 Å². The summed E-state index contributed by atoms with van der Waals surface area (Å²) in [5.41, 5.74) is -0.0330. The van der Waals surface area contributed by atoms with Crippen molar-refractivity contribution in [3.8, 4) is 0 Å². The molecule has 0 bridgehead atoms.